The Hall–Kier alpha value is -0.940. The zero-order valence-electron chi connectivity index (χ0n) is 11.6. The molecule has 0 aliphatic carbocycles. The van der Waals surface area contributed by atoms with E-state index in [1.165, 1.54) is 0 Å². The van der Waals surface area contributed by atoms with Crippen LogP contribution in [0.4, 0.5) is 0 Å². The molecule has 1 atom stereocenters. The third-order valence-corrected chi connectivity index (χ3v) is 3.86. The predicted octanol–water partition coefficient (Wildman–Crippen LogP) is 0.638. The van der Waals surface area contributed by atoms with E-state index in [9.17, 15) is 5.11 Å². The van der Waals surface area contributed by atoms with Crippen LogP contribution in [0.2, 0.25) is 0 Å². The maximum Gasteiger partial charge on any atom is 0.0919 e. The van der Waals surface area contributed by atoms with Crippen LogP contribution in [-0.2, 0) is 0 Å². The van der Waals surface area contributed by atoms with Gasteiger partial charge < -0.3 is 10.2 Å². The summed E-state index contributed by atoms with van der Waals surface area (Å²) in [4.78, 5) is 4.56. The van der Waals surface area contributed by atoms with Gasteiger partial charge in [-0.3, -0.25) is 9.80 Å². The molecule has 1 heterocycles. The first-order valence-corrected chi connectivity index (χ1v) is 7.00. The summed E-state index contributed by atoms with van der Waals surface area (Å²) in [7, 11) is 0. The van der Waals surface area contributed by atoms with E-state index in [1.807, 2.05) is 31.2 Å². The summed E-state index contributed by atoms with van der Waals surface area (Å²) in [5, 5.41) is 19.2. The zero-order valence-corrected chi connectivity index (χ0v) is 11.6. The number of benzene rings is 1. The molecule has 0 amide bonds. The Balaban J connectivity index is 1.84. The van der Waals surface area contributed by atoms with Crippen LogP contribution in [-0.4, -0.2) is 65.9 Å². The van der Waals surface area contributed by atoms with E-state index in [0.717, 1.165) is 43.9 Å². The van der Waals surface area contributed by atoms with Gasteiger partial charge in [-0.05, 0) is 18.1 Å². The lowest BCUT2D eigenvalue weighted by molar-refractivity contribution is 0.0658. The van der Waals surface area contributed by atoms with Crippen molar-refractivity contribution in [3.05, 3.63) is 35.4 Å². The molecule has 1 unspecified atom stereocenters. The van der Waals surface area contributed by atoms with E-state index in [-0.39, 0.29) is 6.61 Å². The van der Waals surface area contributed by atoms with Gasteiger partial charge in [0.25, 0.3) is 0 Å². The van der Waals surface area contributed by atoms with Crippen LogP contribution in [0.1, 0.15) is 17.2 Å². The Morgan fingerprint density at radius 2 is 1.74 bits per heavy atom. The molecule has 1 aromatic carbocycles. The quantitative estimate of drug-likeness (QED) is 0.819. The molecule has 1 aliphatic heterocycles. The van der Waals surface area contributed by atoms with E-state index in [4.69, 9.17) is 5.11 Å². The second kappa shape index (κ2) is 7.01. The third-order valence-electron chi connectivity index (χ3n) is 3.86. The van der Waals surface area contributed by atoms with Gasteiger partial charge in [0.05, 0.1) is 12.7 Å². The average molecular weight is 264 g/mol. The largest absolute Gasteiger partial charge is 0.395 e. The van der Waals surface area contributed by atoms with Crippen molar-refractivity contribution in [3.63, 3.8) is 0 Å². The Bertz CT molecular complexity index is 389. The summed E-state index contributed by atoms with van der Waals surface area (Å²) < 4.78 is 0. The highest BCUT2D eigenvalue weighted by atomic mass is 16.3. The molecule has 4 heteroatoms. The number of hydrogen-bond acceptors (Lipinski definition) is 4. The summed E-state index contributed by atoms with van der Waals surface area (Å²) >= 11 is 0. The first-order chi connectivity index (χ1) is 9.20. The first-order valence-electron chi connectivity index (χ1n) is 7.00. The molecule has 1 aromatic rings. The van der Waals surface area contributed by atoms with Crippen LogP contribution < -0.4 is 0 Å². The Morgan fingerprint density at radius 1 is 1.11 bits per heavy atom. The fourth-order valence-electron chi connectivity index (χ4n) is 2.64. The van der Waals surface area contributed by atoms with E-state index in [1.54, 1.807) is 0 Å². The highest BCUT2D eigenvalue weighted by molar-refractivity contribution is 5.27. The second-order valence-electron chi connectivity index (χ2n) is 5.24. The minimum Gasteiger partial charge on any atom is -0.395 e. The van der Waals surface area contributed by atoms with Crippen molar-refractivity contribution >= 4 is 0 Å². The Kier molecular flexibility index (Phi) is 5.34. The number of β-amino-alcohol motifs (C(OH)–C–C–N with tert-alkyl or cyclic N) is 2. The molecule has 2 N–H and O–H groups in total. The lowest BCUT2D eigenvalue weighted by Gasteiger charge is -2.35. The number of aryl methyl sites for hydroxylation is 1. The number of aliphatic hydroxyl groups excluding tert-OH is 2. The van der Waals surface area contributed by atoms with E-state index < -0.39 is 6.10 Å². The molecule has 0 bridgehead atoms. The van der Waals surface area contributed by atoms with Crippen molar-refractivity contribution in [3.8, 4) is 0 Å². The molecule has 1 aliphatic rings. The molecule has 0 spiro atoms. The summed E-state index contributed by atoms with van der Waals surface area (Å²) in [5.41, 5.74) is 2.18. The zero-order chi connectivity index (χ0) is 13.7. The minimum atomic E-state index is -0.411. The molecule has 1 fully saturated rings. The second-order valence-corrected chi connectivity index (χ2v) is 5.24. The summed E-state index contributed by atoms with van der Waals surface area (Å²) in [6, 6.07) is 8.02. The normalized spacial score (nSPS) is 19.5. The van der Waals surface area contributed by atoms with Gasteiger partial charge in [0.2, 0.25) is 0 Å². The van der Waals surface area contributed by atoms with Gasteiger partial charge in [0.1, 0.15) is 0 Å². The van der Waals surface area contributed by atoms with Crippen LogP contribution in [0, 0.1) is 6.92 Å². The van der Waals surface area contributed by atoms with E-state index >= 15 is 0 Å². The number of nitrogens with zero attached hydrogens (tertiary/aromatic N) is 2. The molecule has 0 saturated carbocycles. The van der Waals surface area contributed by atoms with Gasteiger partial charge in [0.15, 0.2) is 0 Å². The molecule has 106 valence electrons. The van der Waals surface area contributed by atoms with Gasteiger partial charge in [-0.15, -0.1) is 0 Å². The van der Waals surface area contributed by atoms with Gasteiger partial charge >= 0.3 is 0 Å². The Morgan fingerprint density at radius 3 is 2.37 bits per heavy atom. The maximum absolute atomic E-state index is 10.3. The molecular weight excluding hydrogens is 240 g/mol. The smallest absolute Gasteiger partial charge is 0.0919 e. The number of hydrogen-bond donors (Lipinski definition) is 2. The summed E-state index contributed by atoms with van der Waals surface area (Å²) in [6.07, 6.45) is -0.411. The van der Waals surface area contributed by atoms with Crippen molar-refractivity contribution in [2.24, 2.45) is 0 Å². The topological polar surface area (TPSA) is 46.9 Å². The van der Waals surface area contributed by atoms with Crippen LogP contribution in [0.25, 0.3) is 0 Å². The summed E-state index contributed by atoms with van der Waals surface area (Å²) in [6.45, 7) is 7.59. The number of rotatable bonds is 5. The standard InChI is InChI=1S/C15H24N2O2/c1-13-4-2-3-5-14(13)15(19)12-17-8-6-16(7-9-17)10-11-18/h2-5,15,18-19H,6-12H2,1H3. The molecular formula is C15H24N2O2. The van der Waals surface area contributed by atoms with Gasteiger partial charge in [-0.1, -0.05) is 24.3 Å². The van der Waals surface area contributed by atoms with Gasteiger partial charge in [-0.25, -0.2) is 0 Å². The first kappa shape index (κ1) is 14.5. The maximum atomic E-state index is 10.3. The van der Waals surface area contributed by atoms with Crippen LogP contribution in [0.15, 0.2) is 24.3 Å². The molecule has 2 rings (SSSR count). The van der Waals surface area contributed by atoms with Crippen molar-refractivity contribution in [2.75, 3.05) is 45.9 Å². The van der Waals surface area contributed by atoms with Gasteiger partial charge in [-0.2, -0.15) is 0 Å². The van der Waals surface area contributed by atoms with Crippen molar-refractivity contribution in [1.29, 1.82) is 0 Å². The molecule has 0 radical (unpaired) electrons. The third kappa shape index (κ3) is 4.01. The fourth-order valence-corrected chi connectivity index (χ4v) is 2.64. The van der Waals surface area contributed by atoms with Crippen LogP contribution in [0.5, 0.6) is 0 Å². The molecule has 4 nitrogen and oxygen atoms in total. The molecule has 1 saturated heterocycles. The molecule has 0 aromatic heterocycles. The Labute approximate surface area is 115 Å². The lowest BCUT2D eigenvalue weighted by Crippen LogP contribution is -2.48. The fraction of sp³-hybridized carbons (Fsp3) is 0.600. The SMILES string of the molecule is Cc1ccccc1C(O)CN1CCN(CCO)CC1. The average Bonchev–Trinajstić information content (AvgIpc) is 2.42. The van der Waals surface area contributed by atoms with Crippen molar-refractivity contribution in [2.45, 2.75) is 13.0 Å². The molecule has 19 heavy (non-hydrogen) atoms. The van der Waals surface area contributed by atoms with E-state index in [2.05, 4.69) is 9.80 Å². The van der Waals surface area contributed by atoms with Gasteiger partial charge in [0, 0.05) is 39.3 Å². The summed E-state index contributed by atoms with van der Waals surface area (Å²) in [5.74, 6) is 0. The van der Waals surface area contributed by atoms with E-state index in [0.29, 0.717) is 6.54 Å². The predicted molar refractivity (Wildman–Crippen MR) is 76.1 cm³/mol. The van der Waals surface area contributed by atoms with Crippen LogP contribution in [0.3, 0.4) is 0 Å². The van der Waals surface area contributed by atoms with Crippen molar-refractivity contribution in [1.82, 2.24) is 9.80 Å². The number of piperazine rings is 1. The lowest BCUT2D eigenvalue weighted by atomic mass is 10.0. The van der Waals surface area contributed by atoms with Crippen LogP contribution >= 0.6 is 0 Å². The number of aliphatic hydroxyl groups is 2. The highest BCUT2D eigenvalue weighted by Gasteiger charge is 2.20. The highest BCUT2D eigenvalue weighted by Crippen LogP contribution is 2.18. The monoisotopic (exact) mass is 264 g/mol. The van der Waals surface area contributed by atoms with Crippen molar-refractivity contribution < 1.29 is 10.2 Å². The minimum absolute atomic E-state index is 0.228.